The second-order valence-electron chi connectivity index (χ2n) is 9.27. The van der Waals surface area contributed by atoms with E-state index in [1.165, 1.54) is 24.4 Å². The Labute approximate surface area is 190 Å². The average Bonchev–Trinajstić information content (AvgIpc) is 3.18. The largest absolute Gasteiger partial charge is 0.292 e. The Kier molecular flexibility index (Phi) is 4.86. The fourth-order valence-electron chi connectivity index (χ4n) is 5.78. The van der Waals surface area contributed by atoms with Crippen molar-refractivity contribution in [1.82, 2.24) is 20.2 Å². The number of terminal acetylenes is 1. The maximum absolute atomic E-state index is 14.4. The Morgan fingerprint density at radius 3 is 2.70 bits per heavy atom. The molecule has 1 aromatic carbocycles. The van der Waals surface area contributed by atoms with Gasteiger partial charge in [-0.15, -0.1) is 17.4 Å². The van der Waals surface area contributed by atoms with Gasteiger partial charge in [0, 0.05) is 19.0 Å². The summed E-state index contributed by atoms with van der Waals surface area (Å²) in [5.41, 5.74) is 1.71. The van der Waals surface area contributed by atoms with E-state index in [0.29, 0.717) is 12.1 Å². The summed E-state index contributed by atoms with van der Waals surface area (Å²) in [5, 5.41) is 8.73. The summed E-state index contributed by atoms with van der Waals surface area (Å²) < 4.78 is 28.8. The number of benzene rings is 1. The maximum Gasteiger partial charge on any atom is 0.183 e. The van der Waals surface area contributed by atoms with Crippen molar-refractivity contribution in [3.05, 3.63) is 70.9 Å². The van der Waals surface area contributed by atoms with Crippen LogP contribution < -0.4 is 0 Å². The molecule has 1 fully saturated rings. The number of hydrogen-bond donors (Lipinski definition) is 0. The number of fused-ring (bicyclic) bond motifs is 5. The highest BCUT2D eigenvalue weighted by Crippen LogP contribution is 2.69. The van der Waals surface area contributed by atoms with Crippen molar-refractivity contribution in [1.29, 1.82) is 0 Å². The number of ketones is 1. The summed E-state index contributed by atoms with van der Waals surface area (Å²) >= 11 is 0. The Morgan fingerprint density at radius 1 is 1.21 bits per heavy atom. The Balaban J connectivity index is 1.64. The number of carbonyl (C=O) groups excluding carboxylic acids is 1. The zero-order valence-electron chi connectivity index (χ0n) is 18.4. The lowest BCUT2D eigenvalue weighted by Gasteiger charge is -2.37. The quantitative estimate of drug-likeness (QED) is 0.409. The fourth-order valence-corrected chi connectivity index (χ4v) is 5.78. The molecule has 2 heterocycles. The van der Waals surface area contributed by atoms with Crippen molar-refractivity contribution in [3.8, 4) is 23.6 Å². The van der Waals surface area contributed by atoms with Gasteiger partial charge >= 0.3 is 0 Å². The topological polar surface area (TPSA) is 68.6 Å². The highest BCUT2D eigenvalue weighted by molar-refractivity contribution is 5.94. The van der Waals surface area contributed by atoms with Crippen LogP contribution in [0, 0.1) is 29.4 Å². The van der Waals surface area contributed by atoms with E-state index in [0.717, 1.165) is 24.1 Å². The first-order valence-electron chi connectivity index (χ1n) is 10.9. The van der Waals surface area contributed by atoms with Crippen LogP contribution in [0.5, 0.6) is 0 Å². The van der Waals surface area contributed by atoms with Gasteiger partial charge in [-0.05, 0) is 47.9 Å². The third kappa shape index (κ3) is 2.93. The zero-order valence-corrected chi connectivity index (χ0v) is 18.4. The van der Waals surface area contributed by atoms with Crippen molar-refractivity contribution in [3.63, 3.8) is 0 Å². The first-order chi connectivity index (χ1) is 15.8. The molecule has 0 spiro atoms. The Hall–Kier alpha value is -3.53. The third-order valence-corrected chi connectivity index (χ3v) is 7.45. The van der Waals surface area contributed by atoms with Crippen molar-refractivity contribution in [2.75, 3.05) is 0 Å². The second-order valence-corrected chi connectivity index (χ2v) is 9.27. The minimum Gasteiger partial charge on any atom is -0.292 e. The first kappa shape index (κ1) is 21.3. The number of aromatic nitrogens is 4. The van der Waals surface area contributed by atoms with Gasteiger partial charge in [-0.2, -0.15) is 5.10 Å². The molecule has 0 N–H and O–H groups in total. The summed E-state index contributed by atoms with van der Waals surface area (Å²) in [6.45, 7) is 4.29. The molecule has 0 aliphatic heterocycles. The minimum atomic E-state index is -0.676. The summed E-state index contributed by atoms with van der Waals surface area (Å²) in [6, 6.07) is 5.50. The van der Waals surface area contributed by atoms with E-state index >= 15 is 0 Å². The number of rotatable bonds is 5. The van der Waals surface area contributed by atoms with E-state index < -0.39 is 17.0 Å². The van der Waals surface area contributed by atoms with Crippen LogP contribution in [0.15, 0.2) is 36.7 Å². The third-order valence-electron chi connectivity index (χ3n) is 7.45. The van der Waals surface area contributed by atoms with Crippen molar-refractivity contribution < 1.29 is 13.6 Å². The summed E-state index contributed by atoms with van der Waals surface area (Å²) in [7, 11) is 0. The van der Waals surface area contributed by atoms with E-state index in [1.807, 2.05) is 0 Å². The molecule has 33 heavy (non-hydrogen) atoms. The molecule has 1 saturated carbocycles. The summed E-state index contributed by atoms with van der Waals surface area (Å²) in [4.78, 5) is 21.6. The van der Waals surface area contributed by atoms with Crippen LogP contribution in [0.3, 0.4) is 0 Å². The molecule has 166 valence electrons. The number of hydrogen-bond acceptors (Lipinski definition) is 5. The van der Waals surface area contributed by atoms with Crippen LogP contribution in [0.25, 0.3) is 11.3 Å². The molecule has 0 unspecified atom stereocenters. The molecule has 2 aliphatic rings. The van der Waals surface area contributed by atoms with Crippen molar-refractivity contribution in [2.45, 2.75) is 50.9 Å². The average molecular weight is 444 g/mol. The standard InChI is InChI=1S/C26H22F2N4O/c1-4-5-9-21(33)20-13-29-14-22(30-20)26-11-10-16(25(26,2)3)15-12-19(31-32-24(15)26)23-17(27)7-6-8-18(23)28/h1,6-8,12-14,16H,5,9-11H2,2-3H3/t16-,26-/m0/s1. The van der Waals surface area contributed by atoms with Crippen LogP contribution in [0.2, 0.25) is 0 Å². The predicted molar refractivity (Wildman–Crippen MR) is 118 cm³/mol. The fraction of sp³-hybridized carbons (Fsp3) is 0.346. The van der Waals surface area contributed by atoms with Crippen LogP contribution in [0.1, 0.15) is 72.9 Å². The van der Waals surface area contributed by atoms with E-state index in [1.54, 1.807) is 12.3 Å². The van der Waals surface area contributed by atoms with Gasteiger partial charge in [0.25, 0.3) is 0 Å². The van der Waals surface area contributed by atoms with E-state index in [-0.39, 0.29) is 40.5 Å². The molecule has 2 aromatic heterocycles. The normalized spacial score (nSPS) is 22.1. The summed E-state index contributed by atoms with van der Waals surface area (Å²) in [6.07, 6.45) is 10.6. The van der Waals surface area contributed by atoms with Crippen molar-refractivity contribution >= 4 is 5.78 Å². The molecule has 5 nitrogen and oxygen atoms in total. The molecule has 0 radical (unpaired) electrons. The molecule has 7 heteroatoms. The molecular formula is C26H22F2N4O. The molecule has 2 atom stereocenters. The molecule has 2 aliphatic carbocycles. The highest BCUT2D eigenvalue weighted by Gasteiger charge is 2.65. The van der Waals surface area contributed by atoms with Gasteiger partial charge in [-0.3, -0.25) is 9.78 Å². The lowest BCUT2D eigenvalue weighted by molar-refractivity contribution is 0.0978. The zero-order chi connectivity index (χ0) is 23.4. The highest BCUT2D eigenvalue weighted by atomic mass is 19.1. The van der Waals surface area contributed by atoms with Crippen molar-refractivity contribution in [2.24, 2.45) is 5.41 Å². The Morgan fingerprint density at radius 2 is 1.97 bits per heavy atom. The van der Waals surface area contributed by atoms with Crippen LogP contribution in [-0.4, -0.2) is 25.9 Å². The predicted octanol–water partition coefficient (Wildman–Crippen LogP) is 5.01. The second kappa shape index (κ2) is 7.51. The van der Waals surface area contributed by atoms with Gasteiger partial charge < -0.3 is 0 Å². The summed E-state index contributed by atoms with van der Waals surface area (Å²) in [5.74, 6) is 1.08. The molecule has 0 amide bonds. The lowest BCUT2D eigenvalue weighted by atomic mass is 9.66. The number of halogens is 2. The molecular weight excluding hydrogens is 422 g/mol. The van der Waals surface area contributed by atoms with Gasteiger partial charge in [0.1, 0.15) is 17.3 Å². The van der Waals surface area contributed by atoms with E-state index in [9.17, 15) is 13.6 Å². The molecule has 5 rings (SSSR count). The Bertz CT molecular complexity index is 1310. The number of carbonyl (C=O) groups is 1. The van der Waals surface area contributed by atoms with Gasteiger partial charge in [0.2, 0.25) is 0 Å². The van der Waals surface area contributed by atoms with Gasteiger partial charge in [-0.1, -0.05) is 19.9 Å². The first-order valence-corrected chi connectivity index (χ1v) is 10.9. The van der Waals surface area contributed by atoms with Gasteiger partial charge in [0.15, 0.2) is 5.78 Å². The smallest absolute Gasteiger partial charge is 0.183 e. The molecule has 3 aromatic rings. The molecule has 2 bridgehead atoms. The van der Waals surface area contributed by atoms with Crippen LogP contribution in [-0.2, 0) is 5.41 Å². The maximum atomic E-state index is 14.4. The van der Waals surface area contributed by atoms with E-state index in [2.05, 4.69) is 34.9 Å². The lowest BCUT2D eigenvalue weighted by Crippen LogP contribution is -2.38. The minimum absolute atomic E-state index is 0.110. The number of nitrogens with zero attached hydrogens (tertiary/aromatic N) is 4. The van der Waals surface area contributed by atoms with Crippen LogP contribution in [0.4, 0.5) is 8.78 Å². The van der Waals surface area contributed by atoms with Gasteiger partial charge in [-0.25, -0.2) is 13.8 Å². The van der Waals surface area contributed by atoms with Gasteiger partial charge in [0.05, 0.1) is 34.3 Å². The SMILES string of the molecule is C#CCCC(=O)c1cncc([C@@]23CC[C@@H](c4cc(-c5c(F)cccc5F)nnc42)C3(C)C)n1. The van der Waals surface area contributed by atoms with E-state index in [4.69, 9.17) is 11.4 Å². The number of Topliss-reactive ketones (excluding diaryl/α,β-unsaturated/α-hetero) is 1. The van der Waals surface area contributed by atoms with Crippen LogP contribution >= 0.6 is 0 Å². The monoisotopic (exact) mass is 444 g/mol. The molecule has 0 saturated heterocycles.